The second-order valence-corrected chi connectivity index (χ2v) is 3.71. The third-order valence-electron chi connectivity index (χ3n) is 2.36. The summed E-state index contributed by atoms with van der Waals surface area (Å²) in [5, 5.41) is 2.86. The van der Waals surface area contributed by atoms with Gasteiger partial charge >= 0.3 is 0 Å². The lowest BCUT2D eigenvalue weighted by Gasteiger charge is -2.15. The molecule has 0 saturated carbocycles. The number of carbonyl (C=O) groups is 1. The van der Waals surface area contributed by atoms with E-state index in [0.29, 0.717) is 12.1 Å². The summed E-state index contributed by atoms with van der Waals surface area (Å²) in [7, 11) is 0. The molecule has 1 rings (SSSR count). The van der Waals surface area contributed by atoms with Crippen molar-refractivity contribution in [3.05, 3.63) is 29.6 Å². The van der Waals surface area contributed by atoms with Gasteiger partial charge in [-0.05, 0) is 25.1 Å². The molecule has 0 heterocycles. The van der Waals surface area contributed by atoms with E-state index in [0.717, 1.165) is 0 Å². The van der Waals surface area contributed by atoms with Gasteiger partial charge in [0.05, 0.1) is 0 Å². The molecule has 1 aromatic rings. The first-order chi connectivity index (χ1) is 8.06. The fraction of sp³-hybridized carbons (Fsp3) is 0.417. The molecule has 4 nitrogen and oxygen atoms in total. The molecule has 0 aliphatic carbocycles. The maximum atomic E-state index is 13.6. The molecule has 1 aromatic carbocycles. The van der Waals surface area contributed by atoms with Gasteiger partial charge in [-0.1, -0.05) is 19.1 Å². The van der Waals surface area contributed by atoms with E-state index in [4.69, 9.17) is 10.5 Å². The summed E-state index contributed by atoms with van der Waals surface area (Å²) in [5.41, 5.74) is 5.68. The number of nitrogens with two attached hydrogens (primary N) is 1. The van der Waals surface area contributed by atoms with Crippen LogP contribution in [0, 0.1) is 12.7 Å². The minimum absolute atomic E-state index is 0.0174. The number of halogens is 1. The molecule has 0 saturated heterocycles. The summed E-state index contributed by atoms with van der Waals surface area (Å²) in [6, 6.07) is 4.25. The summed E-state index contributed by atoms with van der Waals surface area (Å²) >= 11 is 0. The van der Waals surface area contributed by atoms with Crippen LogP contribution in [0.1, 0.15) is 12.5 Å². The summed E-state index contributed by atoms with van der Waals surface area (Å²) in [6.45, 7) is 4.11. The zero-order valence-corrected chi connectivity index (χ0v) is 10.00. The van der Waals surface area contributed by atoms with Crippen LogP contribution >= 0.6 is 0 Å². The number of aryl methyl sites for hydroxylation is 1. The first-order valence-electron chi connectivity index (χ1n) is 5.46. The maximum Gasteiger partial charge on any atom is 0.238 e. The number of amides is 1. The Morgan fingerprint density at radius 1 is 1.59 bits per heavy atom. The molecule has 0 spiro atoms. The summed E-state index contributed by atoms with van der Waals surface area (Å²) < 4.78 is 18.8. The zero-order chi connectivity index (χ0) is 12.8. The first-order valence-corrected chi connectivity index (χ1v) is 5.46. The molecule has 0 aliphatic heterocycles. The number of primary amides is 1. The minimum atomic E-state index is -0.611. The van der Waals surface area contributed by atoms with Crippen molar-refractivity contribution in [1.82, 2.24) is 5.32 Å². The van der Waals surface area contributed by atoms with Gasteiger partial charge in [0.2, 0.25) is 5.91 Å². The SMILES string of the molecule is CCNC(COc1cccc(C)c1F)C(N)=O. The number of likely N-dealkylation sites (N-methyl/N-ethyl adjacent to an activating group) is 1. The molecule has 1 amide bonds. The van der Waals surface area contributed by atoms with Crippen LogP contribution in [0.15, 0.2) is 18.2 Å². The molecule has 0 fully saturated rings. The molecule has 0 radical (unpaired) electrons. The summed E-state index contributed by atoms with van der Waals surface area (Å²) in [5.74, 6) is -0.790. The van der Waals surface area contributed by atoms with Crippen molar-refractivity contribution in [2.24, 2.45) is 5.73 Å². The van der Waals surface area contributed by atoms with Gasteiger partial charge in [0.25, 0.3) is 0 Å². The Hall–Kier alpha value is -1.62. The quantitative estimate of drug-likeness (QED) is 0.779. The summed E-state index contributed by atoms with van der Waals surface area (Å²) in [6.07, 6.45) is 0. The van der Waals surface area contributed by atoms with Gasteiger partial charge in [-0.2, -0.15) is 0 Å². The van der Waals surface area contributed by atoms with E-state index >= 15 is 0 Å². The molecule has 0 aromatic heterocycles. The third kappa shape index (κ3) is 3.71. The number of benzene rings is 1. The average Bonchev–Trinajstić information content (AvgIpc) is 2.29. The van der Waals surface area contributed by atoms with E-state index in [1.54, 1.807) is 19.1 Å². The van der Waals surface area contributed by atoms with E-state index in [1.807, 2.05) is 6.92 Å². The highest BCUT2D eigenvalue weighted by atomic mass is 19.1. The second kappa shape index (κ2) is 6.20. The van der Waals surface area contributed by atoms with Gasteiger partial charge in [-0.15, -0.1) is 0 Å². The van der Waals surface area contributed by atoms with Crippen LogP contribution in [0.2, 0.25) is 0 Å². The van der Waals surface area contributed by atoms with Gasteiger partial charge in [0.15, 0.2) is 11.6 Å². The van der Waals surface area contributed by atoms with Crippen LogP contribution in [-0.2, 0) is 4.79 Å². The van der Waals surface area contributed by atoms with Crippen molar-refractivity contribution in [2.75, 3.05) is 13.2 Å². The molecule has 1 unspecified atom stereocenters. The molecular weight excluding hydrogens is 223 g/mol. The van der Waals surface area contributed by atoms with Crippen LogP contribution < -0.4 is 15.8 Å². The standard InChI is InChI=1S/C12H17FN2O2/c1-3-15-9(12(14)16)7-17-10-6-4-5-8(2)11(10)13/h4-6,9,15H,3,7H2,1-2H3,(H2,14,16). The van der Waals surface area contributed by atoms with Crippen LogP contribution in [0.3, 0.4) is 0 Å². The minimum Gasteiger partial charge on any atom is -0.488 e. The lowest BCUT2D eigenvalue weighted by atomic mass is 10.2. The number of ether oxygens (including phenoxy) is 1. The van der Waals surface area contributed by atoms with Crippen molar-refractivity contribution in [3.63, 3.8) is 0 Å². The first kappa shape index (κ1) is 13.4. The van der Waals surface area contributed by atoms with Crippen molar-refractivity contribution < 1.29 is 13.9 Å². The number of carbonyl (C=O) groups excluding carboxylic acids is 1. The largest absolute Gasteiger partial charge is 0.488 e. The number of hydrogen-bond acceptors (Lipinski definition) is 3. The van der Waals surface area contributed by atoms with Crippen molar-refractivity contribution >= 4 is 5.91 Å². The third-order valence-corrected chi connectivity index (χ3v) is 2.36. The molecular formula is C12H17FN2O2. The van der Waals surface area contributed by atoms with E-state index in [2.05, 4.69) is 5.32 Å². The monoisotopic (exact) mass is 240 g/mol. The molecule has 17 heavy (non-hydrogen) atoms. The highest BCUT2D eigenvalue weighted by molar-refractivity contribution is 5.80. The topological polar surface area (TPSA) is 64.3 Å². The molecule has 1 atom stereocenters. The lowest BCUT2D eigenvalue weighted by molar-refractivity contribution is -0.120. The van der Waals surface area contributed by atoms with E-state index < -0.39 is 17.8 Å². The van der Waals surface area contributed by atoms with Crippen LogP contribution in [0.5, 0.6) is 5.75 Å². The van der Waals surface area contributed by atoms with E-state index in [9.17, 15) is 9.18 Å². The Labute approximate surface area is 100.0 Å². The Bertz CT molecular complexity index is 396. The van der Waals surface area contributed by atoms with Gasteiger partial charge < -0.3 is 15.8 Å². The average molecular weight is 240 g/mol. The summed E-state index contributed by atoms with van der Waals surface area (Å²) in [4.78, 5) is 11.0. The predicted molar refractivity (Wildman–Crippen MR) is 63.3 cm³/mol. The van der Waals surface area contributed by atoms with Gasteiger partial charge in [0.1, 0.15) is 12.6 Å². The van der Waals surface area contributed by atoms with E-state index in [-0.39, 0.29) is 12.4 Å². The van der Waals surface area contributed by atoms with Gasteiger partial charge in [0, 0.05) is 0 Å². The molecule has 3 N–H and O–H groups in total. The fourth-order valence-corrected chi connectivity index (χ4v) is 1.39. The lowest BCUT2D eigenvalue weighted by Crippen LogP contribution is -2.45. The Morgan fingerprint density at radius 2 is 2.29 bits per heavy atom. The predicted octanol–water partition coefficient (Wildman–Crippen LogP) is 0.976. The Kier molecular flexibility index (Phi) is 4.90. The Morgan fingerprint density at radius 3 is 2.88 bits per heavy atom. The Balaban J connectivity index is 2.65. The van der Waals surface area contributed by atoms with E-state index in [1.165, 1.54) is 6.07 Å². The second-order valence-electron chi connectivity index (χ2n) is 3.71. The smallest absolute Gasteiger partial charge is 0.238 e. The fourth-order valence-electron chi connectivity index (χ4n) is 1.39. The maximum absolute atomic E-state index is 13.6. The molecule has 94 valence electrons. The number of nitrogens with one attached hydrogen (secondary N) is 1. The molecule has 0 aliphatic rings. The van der Waals surface area contributed by atoms with Crippen LogP contribution in [-0.4, -0.2) is 25.1 Å². The van der Waals surface area contributed by atoms with Crippen LogP contribution in [0.4, 0.5) is 4.39 Å². The van der Waals surface area contributed by atoms with Crippen molar-refractivity contribution in [2.45, 2.75) is 19.9 Å². The normalized spacial score (nSPS) is 12.2. The number of hydrogen-bond donors (Lipinski definition) is 2. The van der Waals surface area contributed by atoms with Gasteiger partial charge in [-0.25, -0.2) is 4.39 Å². The highest BCUT2D eigenvalue weighted by Gasteiger charge is 2.15. The van der Waals surface area contributed by atoms with Crippen molar-refractivity contribution in [1.29, 1.82) is 0 Å². The number of rotatable bonds is 6. The highest BCUT2D eigenvalue weighted by Crippen LogP contribution is 2.19. The zero-order valence-electron chi connectivity index (χ0n) is 10.00. The molecule has 5 heteroatoms. The van der Waals surface area contributed by atoms with Gasteiger partial charge in [-0.3, -0.25) is 4.79 Å². The van der Waals surface area contributed by atoms with Crippen molar-refractivity contribution in [3.8, 4) is 5.75 Å². The van der Waals surface area contributed by atoms with Crippen LogP contribution in [0.25, 0.3) is 0 Å². The molecule has 0 bridgehead atoms.